The summed E-state index contributed by atoms with van der Waals surface area (Å²) in [7, 11) is 1.68. The van der Waals surface area contributed by atoms with Gasteiger partial charge < -0.3 is 10.3 Å². The molecule has 0 aliphatic rings. The van der Waals surface area contributed by atoms with Crippen molar-refractivity contribution in [2.24, 2.45) is 12.8 Å². The molecule has 1 aromatic heterocycles. The Morgan fingerprint density at radius 2 is 1.94 bits per heavy atom. The van der Waals surface area contributed by atoms with Crippen LogP contribution in [0.25, 0.3) is 0 Å². The van der Waals surface area contributed by atoms with Gasteiger partial charge in [0.2, 0.25) is 0 Å². The Hall–Kier alpha value is -1.88. The molecule has 4 nitrogen and oxygen atoms in total. The van der Waals surface area contributed by atoms with Gasteiger partial charge in [0, 0.05) is 32.0 Å². The van der Waals surface area contributed by atoms with E-state index in [0.29, 0.717) is 6.54 Å². The highest BCUT2D eigenvalue weighted by Crippen LogP contribution is 2.12. The first-order valence-electron chi connectivity index (χ1n) is 5.31. The molecule has 1 heterocycles. The van der Waals surface area contributed by atoms with Crippen LogP contribution in [0.1, 0.15) is 11.6 Å². The number of aryl methyl sites for hydroxylation is 1. The molecule has 0 saturated heterocycles. The molecule has 0 aliphatic carbocycles. The predicted molar refractivity (Wildman–Crippen MR) is 63.0 cm³/mol. The van der Waals surface area contributed by atoms with Gasteiger partial charge in [0.15, 0.2) is 0 Å². The third-order valence-electron chi connectivity index (χ3n) is 2.71. The van der Waals surface area contributed by atoms with Crippen LogP contribution in [0.5, 0.6) is 0 Å². The summed E-state index contributed by atoms with van der Waals surface area (Å²) in [6.07, 6.45) is 3.37. The number of hydrogen-bond acceptors (Lipinski definition) is 2. The van der Waals surface area contributed by atoms with Crippen molar-refractivity contribution in [3.05, 3.63) is 58.5 Å². The van der Waals surface area contributed by atoms with E-state index in [9.17, 15) is 9.18 Å². The minimum Gasteiger partial charge on any atom is -0.322 e. The summed E-state index contributed by atoms with van der Waals surface area (Å²) in [5.74, 6) is -0.294. The lowest BCUT2D eigenvalue weighted by Gasteiger charge is -2.12. The normalized spacial score (nSPS) is 12.6. The van der Waals surface area contributed by atoms with Gasteiger partial charge in [-0.25, -0.2) is 9.18 Å². The number of rotatable bonds is 3. The maximum atomic E-state index is 12.7. The Labute approximate surface area is 98.1 Å². The second-order valence-corrected chi connectivity index (χ2v) is 4.00. The first-order chi connectivity index (χ1) is 8.08. The topological polar surface area (TPSA) is 52.9 Å². The average molecular weight is 235 g/mol. The highest BCUT2D eigenvalue weighted by Gasteiger charge is 2.09. The van der Waals surface area contributed by atoms with E-state index in [1.54, 1.807) is 31.6 Å². The van der Waals surface area contributed by atoms with Crippen LogP contribution in [0.3, 0.4) is 0 Å². The fourth-order valence-corrected chi connectivity index (χ4v) is 1.68. The highest BCUT2D eigenvalue weighted by molar-refractivity contribution is 5.19. The van der Waals surface area contributed by atoms with Crippen molar-refractivity contribution in [3.63, 3.8) is 0 Å². The maximum Gasteiger partial charge on any atom is 0.327 e. The minimum atomic E-state index is -0.323. The van der Waals surface area contributed by atoms with Crippen molar-refractivity contribution in [1.82, 2.24) is 9.13 Å². The van der Waals surface area contributed by atoms with Crippen LogP contribution in [0.2, 0.25) is 0 Å². The summed E-state index contributed by atoms with van der Waals surface area (Å²) < 4.78 is 15.8. The van der Waals surface area contributed by atoms with Crippen LogP contribution < -0.4 is 11.4 Å². The van der Waals surface area contributed by atoms with Gasteiger partial charge in [-0.15, -0.1) is 0 Å². The summed E-state index contributed by atoms with van der Waals surface area (Å²) >= 11 is 0. The standard InChI is InChI=1S/C12H14FN3O/c1-15-6-7-16(12(15)17)8-11(14)9-2-4-10(13)5-3-9/h2-7,11H,8,14H2,1H3. The molecule has 1 unspecified atom stereocenters. The van der Waals surface area contributed by atoms with Crippen molar-refractivity contribution in [2.75, 3.05) is 0 Å². The first kappa shape index (κ1) is 11.6. The quantitative estimate of drug-likeness (QED) is 0.863. The summed E-state index contributed by atoms with van der Waals surface area (Å²) in [5.41, 5.74) is 6.66. The Morgan fingerprint density at radius 1 is 1.29 bits per heavy atom. The molecule has 5 heteroatoms. The molecule has 1 aromatic carbocycles. The van der Waals surface area contributed by atoms with Crippen molar-refractivity contribution in [3.8, 4) is 0 Å². The van der Waals surface area contributed by atoms with Gasteiger partial charge in [-0.05, 0) is 17.7 Å². The predicted octanol–water partition coefficient (Wildman–Crippen LogP) is 1.03. The van der Waals surface area contributed by atoms with Gasteiger partial charge in [-0.1, -0.05) is 12.1 Å². The fourth-order valence-electron chi connectivity index (χ4n) is 1.68. The van der Waals surface area contributed by atoms with Gasteiger partial charge in [0.25, 0.3) is 0 Å². The summed E-state index contributed by atoms with van der Waals surface area (Å²) in [5, 5.41) is 0. The smallest absolute Gasteiger partial charge is 0.322 e. The molecule has 0 fully saturated rings. The number of benzene rings is 1. The molecule has 0 amide bonds. The van der Waals surface area contributed by atoms with Crippen LogP contribution in [-0.2, 0) is 13.6 Å². The van der Waals surface area contributed by atoms with Crippen molar-refractivity contribution >= 4 is 0 Å². The second kappa shape index (κ2) is 4.55. The van der Waals surface area contributed by atoms with E-state index in [2.05, 4.69) is 0 Å². The Morgan fingerprint density at radius 3 is 2.47 bits per heavy atom. The lowest BCUT2D eigenvalue weighted by atomic mass is 10.1. The molecule has 90 valence electrons. The molecule has 1 atom stereocenters. The molecule has 2 N–H and O–H groups in total. The maximum absolute atomic E-state index is 12.7. The minimum absolute atomic E-state index is 0.109. The summed E-state index contributed by atoms with van der Waals surface area (Å²) in [6, 6.07) is 5.67. The first-order valence-corrected chi connectivity index (χ1v) is 5.31. The fraction of sp³-hybridized carbons (Fsp3) is 0.250. The van der Waals surface area contributed by atoms with Crippen LogP contribution in [0.15, 0.2) is 41.5 Å². The van der Waals surface area contributed by atoms with Gasteiger partial charge in [0.05, 0.1) is 0 Å². The van der Waals surface area contributed by atoms with Crippen LogP contribution in [0.4, 0.5) is 4.39 Å². The van der Waals surface area contributed by atoms with Crippen LogP contribution in [0, 0.1) is 5.82 Å². The van der Waals surface area contributed by atoms with E-state index in [0.717, 1.165) is 5.56 Å². The molecule has 2 rings (SSSR count). The summed E-state index contributed by atoms with van der Waals surface area (Å²) in [6.45, 7) is 0.380. The van der Waals surface area contributed by atoms with E-state index < -0.39 is 0 Å². The van der Waals surface area contributed by atoms with Gasteiger partial charge >= 0.3 is 5.69 Å². The van der Waals surface area contributed by atoms with Crippen molar-refractivity contribution in [1.29, 1.82) is 0 Å². The Kier molecular flexibility index (Phi) is 3.10. The molecule has 0 bridgehead atoms. The van der Waals surface area contributed by atoms with Crippen LogP contribution >= 0.6 is 0 Å². The van der Waals surface area contributed by atoms with Crippen LogP contribution in [-0.4, -0.2) is 9.13 Å². The average Bonchev–Trinajstić information content (AvgIpc) is 2.62. The van der Waals surface area contributed by atoms with E-state index >= 15 is 0 Å². The second-order valence-electron chi connectivity index (χ2n) is 4.00. The third-order valence-corrected chi connectivity index (χ3v) is 2.71. The molecular weight excluding hydrogens is 221 g/mol. The van der Waals surface area contributed by atoms with Gasteiger partial charge in [-0.3, -0.25) is 4.57 Å². The molecule has 0 spiro atoms. The number of halogens is 1. The number of nitrogens with two attached hydrogens (primary N) is 1. The lowest BCUT2D eigenvalue weighted by molar-refractivity contribution is 0.552. The third kappa shape index (κ3) is 2.45. The van der Waals surface area contributed by atoms with Gasteiger partial charge in [0.1, 0.15) is 5.82 Å². The molecular formula is C12H14FN3O. The zero-order valence-corrected chi connectivity index (χ0v) is 9.51. The number of aromatic nitrogens is 2. The van der Waals surface area contributed by atoms with Gasteiger partial charge in [-0.2, -0.15) is 0 Å². The largest absolute Gasteiger partial charge is 0.327 e. The number of imidazole rings is 1. The molecule has 0 saturated carbocycles. The zero-order chi connectivity index (χ0) is 12.4. The number of hydrogen-bond donors (Lipinski definition) is 1. The molecule has 17 heavy (non-hydrogen) atoms. The SMILES string of the molecule is Cn1ccn(CC(N)c2ccc(F)cc2)c1=O. The molecule has 2 aromatic rings. The highest BCUT2D eigenvalue weighted by atomic mass is 19.1. The molecule has 0 aliphatic heterocycles. The number of nitrogens with zero attached hydrogens (tertiary/aromatic N) is 2. The van der Waals surface area contributed by atoms with Crippen molar-refractivity contribution in [2.45, 2.75) is 12.6 Å². The Bertz CT molecular complexity index is 556. The van der Waals surface area contributed by atoms with E-state index in [1.165, 1.54) is 21.3 Å². The lowest BCUT2D eigenvalue weighted by Crippen LogP contribution is -2.27. The molecule has 0 radical (unpaired) electrons. The Balaban J connectivity index is 2.17. The van der Waals surface area contributed by atoms with E-state index in [-0.39, 0.29) is 17.5 Å². The van der Waals surface area contributed by atoms with E-state index in [4.69, 9.17) is 5.73 Å². The van der Waals surface area contributed by atoms with Crippen molar-refractivity contribution < 1.29 is 4.39 Å². The summed E-state index contributed by atoms with van der Waals surface area (Å²) in [4.78, 5) is 11.6. The zero-order valence-electron chi connectivity index (χ0n) is 9.51. The van der Waals surface area contributed by atoms with E-state index in [1.807, 2.05) is 0 Å². The monoisotopic (exact) mass is 235 g/mol.